The highest BCUT2D eigenvalue weighted by atomic mass is 79.9. The van der Waals surface area contributed by atoms with Crippen molar-refractivity contribution >= 4 is 27.7 Å². The van der Waals surface area contributed by atoms with Crippen LogP contribution in [0.25, 0.3) is 0 Å². The molecule has 132 valence electrons. The van der Waals surface area contributed by atoms with Crippen molar-refractivity contribution in [1.29, 1.82) is 0 Å². The maximum atomic E-state index is 12.3. The highest BCUT2D eigenvalue weighted by molar-refractivity contribution is 9.10. The van der Waals surface area contributed by atoms with Gasteiger partial charge in [0.05, 0.1) is 19.3 Å². The Labute approximate surface area is 154 Å². The lowest BCUT2D eigenvalue weighted by Crippen LogP contribution is -2.41. The molecule has 0 spiro atoms. The van der Waals surface area contributed by atoms with Gasteiger partial charge in [0.2, 0.25) is 0 Å². The minimum absolute atomic E-state index is 0.337. The second kappa shape index (κ2) is 9.19. The van der Waals surface area contributed by atoms with Crippen LogP contribution < -0.4 is 15.6 Å². The third-order valence-electron chi connectivity index (χ3n) is 3.41. The molecule has 0 saturated heterocycles. The predicted molar refractivity (Wildman–Crippen MR) is 97.4 cm³/mol. The van der Waals surface area contributed by atoms with Crippen LogP contribution in [-0.4, -0.2) is 25.5 Å². The normalized spacial score (nSPS) is 10.2. The Kier molecular flexibility index (Phi) is 6.97. The summed E-state index contributed by atoms with van der Waals surface area (Å²) in [5.74, 6) is -0.202. The molecule has 6 nitrogen and oxygen atoms in total. The number of benzene rings is 2. The molecule has 0 aromatic heterocycles. The first kappa shape index (κ1) is 19.0. The molecule has 0 aliphatic heterocycles. The molecule has 0 radical (unpaired) electrons. The number of hydrazine groups is 1. The molecule has 2 aromatic carbocycles. The molecule has 0 atom stereocenters. The van der Waals surface area contributed by atoms with Crippen molar-refractivity contribution in [2.24, 2.45) is 0 Å². The van der Waals surface area contributed by atoms with Crippen molar-refractivity contribution in [2.45, 2.75) is 13.5 Å². The Morgan fingerprint density at radius 2 is 1.80 bits per heavy atom. The number of rotatable bonds is 6. The van der Waals surface area contributed by atoms with E-state index < -0.39 is 11.8 Å². The third-order valence-corrected chi connectivity index (χ3v) is 4.10. The molecule has 0 aliphatic carbocycles. The zero-order chi connectivity index (χ0) is 18.2. The molecular weight excluding hydrogens is 388 g/mol. The van der Waals surface area contributed by atoms with E-state index in [1.165, 1.54) is 0 Å². The fourth-order valence-corrected chi connectivity index (χ4v) is 2.61. The summed E-state index contributed by atoms with van der Waals surface area (Å²) in [4.78, 5) is 24.4. The molecule has 25 heavy (non-hydrogen) atoms. The molecule has 7 heteroatoms. The van der Waals surface area contributed by atoms with Crippen LogP contribution >= 0.6 is 15.9 Å². The van der Waals surface area contributed by atoms with Gasteiger partial charge < -0.3 is 9.47 Å². The minimum Gasteiger partial charge on any atom is -0.496 e. The molecule has 2 aromatic rings. The van der Waals surface area contributed by atoms with Crippen molar-refractivity contribution < 1.29 is 19.1 Å². The zero-order valence-electron chi connectivity index (χ0n) is 14.0. The van der Waals surface area contributed by atoms with Gasteiger partial charge >= 0.3 is 0 Å². The van der Waals surface area contributed by atoms with Gasteiger partial charge in [0, 0.05) is 22.2 Å². The monoisotopic (exact) mass is 406 g/mol. The molecule has 0 bridgehead atoms. The van der Waals surface area contributed by atoms with Crippen LogP contribution in [0.2, 0.25) is 0 Å². The van der Waals surface area contributed by atoms with E-state index in [-0.39, 0.29) is 0 Å². The highest BCUT2D eigenvalue weighted by Crippen LogP contribution is 2.21. The van der Waals surface area contributed by atoms with Gasteiger partial charge in [-0.2, -0.15) is 0 Å². The van der Waals surface area contributed by atoms with E-state index in [1.54, 1.807) is 49.6 Å². The van der Waals surface area contributed by atoms with Crippen LogP contribution in [0.1, 0.15) is 33.2 Å². The predicted octanol–water partition coefficient (Wildman–Crippen LogP) is 3.07. The number of halogens is 1. The van der Waals surface area contributed by atoms with Crippen LogP contribution in [-0.2, 0) is 11.3 Å². The zero-order valence-corrected chi connectivity index (χ0v) is 15.6. The van der Waals surface area contributed by atoms with E-state index in [4.69, 9.17) is 9.47 Å². The fourth-order valence-electron chi connectivity index (χ4n) is 2.14. The Balaban J connectivity index is 2.05. The van der Waals surface area contributed by atoms with Crippen molar-refractivity contribution in [3.8, 4) is 5.75 Å². The summed E-state index contributed by atoms with van der Waals surface area (Å²) in [5, 5.41) is 0. The molecule has 0 saturated carbocycles. The van der Waals surface area contributed by atoms with Crippen LogP contribution in [0.15, 0.2) is 46.9 Å². The first-order chi connectivity index (χ1) is 12.1. The summed E-state index contributed by atoms with van der Waals surface area (Å²) in [5.41, 5.74) is 6.38. The first-order valence-electron chi connectivity index (χ1n) is 7.66. The summed E-state index contributed by atoms with van der Waals surface area (Å²) in [6.45, 7) is 2.78. The smallest absolute Gasteiger partial charge is 0.270 e. The fraction of sp³-hybridized carbons (Fsp3) is 0.222. The number of methoxy groups -OCH3 is 1. The van der Waals surface area contributed by atoms with Crippen molar-refractivity contribution in [1.82, 2.24) is 10.9 Å². The maximum absolute atomic E-state index is 12.3. The van der Waals surface area contributed by atoms with Gasteiger partial charge in [-0.3, -0.25) is 20.4 Å². The molecule has 0 unspecified atom stereocenters. The lowest BCUT2D eigenvalue weighted by molar-refractivity contribution is 0.0846. The van der Waals surface area contributed by atoms with E-state index in [1.807, 2.05) is 6.92 Å². The SMILES string of the molecule is CCOCc1cc(C(=O)NNC(=O)c2ccccc2Br)ccc1OC. The van der Waals surface area contributed by atoms with Crippen LogP contribution in [0.4, 0.5) is 0 Å². The third kappa shape index (κ3) is 5.04. The average molecular weight is 407 g/mol. The van der Waals surface area contributed by atoms with Gasteiger partial charge in [-0.25, -0.2) is 0 Å². The van der Waals surface area contributed by atoms with Crippen molar-refractivity contribution in [2.75, 3.05) is 13.7 Å². The van der Waals surface area contributed by atoms with Crippen LogP contribution in [0, 0.1) is 0 Å². The summed E-state index contributed by atoms with van der Waals surface area (Å²) < 4.78 is 11.3. The maximum Gasteiger partial charge on any atom is 0.270 e. The number of hydrogen-bond donors (Lipinski definition) is 2. The Morgan fingerprint density at radius 1 is 1.08 bits per heavy atom. The Bertz CT molecular complexity index is 764. The van der Waals surface area contributed by atoms with E-state index in [0.29, 0.717) is 34.6 Å². The van der Waals surface area contributed by atoms with Gasteiger partial charge in [-0.1, -0.05) is 12.1 Å². The largest absolute Gasteiger partial charge is 0.496 e. The molecule has 2 rings (SSSR count). The van der Waals surface area contributed by atoms with Crippen LogP contribution in [0.3, 0.4) is 0 Å². The van der Waals surface area contributed by atoms with Gasteiger partial charge in [-0.05, 0) is 53.2 Å². The average Bonchev–Trinajstić information content (AvgIpc) is 2.64. The quantitative estimate of drug-likeness (QED) is 0.722. The number of carbonyl (C=O) groups is 2. The van der Waals surface area contributed by atoms with E-state index in [9.17, 15) is 9.59 Å². The second-order valence-electron chi connectivity index (χ2n) is 5.05. The van der Waals surface area contributed by atoms with Crippen LogP contribution in [0.5, 0.6) is 5.75 Å². The lowest BCUT2D eigenvalue weighted by atomic mass is 10.1. The minimum atomic E-state index is -0.430. The van der Waals surface area contributed by atoms with Gasteiger partial charge in [0.1, 0.15) is 5.75 Å². The molecular formula is C18H19BrN2O4. The molecule has 0 heterocycles. The van der Waals surface area contributed by atoms with Crippen molar-refractivity contribution in [3.05, 3.63) is 63.6 Å². The Hall–Kier alpha value is -2.38. The Morgan fingerprint density at radius 3 is 2.48 bits per heavy atom. The van der Waals surface area contributed by atoms with Crippen molar-refractivity contribution in [3.63, 3.8) is 0 Å². The first-order valence-corrected chi connectivity index (χ1v) is 8.46. The number of hydrogen-bond acceptors (Lipinski definition) is 4. The summed E-state index contributed by atoms with van der Waals surface area (Å²) in [7, 11) is 1.56. The van der Waals surface area contributed by atoms with Gasteiger partial charge in [0.15, 0.2) is 0 Å². The van der Waals surface area contributed by atoms with E-state index in [2.05, 4.69) is 26.8 Å². The number of ether oxygens (including phenoxy) is 2. The van der Waals surface area contributed by atoms with E-state index >= 15 is 0 Å². The molecule has 0 aliphatic rings. The summed E-state index contributed by atoms with van der Waals surface area (Å²) >= 11 is 3.30. The molecule has 2 amide bonds. The highest BCUT2D eigenvalue weighted by Gasteiger charge is 2.13. The number of amides is 2. The number of carbonyl (C=O) groups excluding carboxylic acids is 2. The second-order valence-corrected chi connectivity index (χ2v) is 5.91. The van der Waals surface area contributed by atoms with Gasteiger partial charge in [0.25, 0.3) is 11.8 Å². The molecule has 0 fully saturated rings. The lowest BCUT2D eigenvalue weighted by Gasteiger charge is -2.12. The van der Waals surface area contributed by atoms with Gasteiger partial charge in [-0.15, -0.1) is 0 Å². The number of nitrogens with one attached hydrogen (secondary N) is 2. The summed E-state index contributed by atoms with van der Waals surface area (Å²) in [6, 6.07) is 11.9. The molecule has 2 N–H and O–H groups in total. The standard InChI is InChI=1S/C18H19BrN2O4/c1-3-25-11-13-10-12(8-9-16(13)24-2)17(22)20-21-18(23)14-6-4-5-7-15(14)19/h4-10H,3,11H2,1-2H3,(H,20,22)(H,21,23). The topological polar surface area (TPSA) is 76.7 Å². The van der Waals surface area contributed by atoms with E-state index in [0.717, 1.165) is 5.56 Å². The summed E-state index contributed by atoms with van der Waals surface area (Å²) in [6.07, 6.45) is 0.